The Balaban J connectivity index is 2.08. The van der Waals surface area contributed by atoms with Gasteiger partial charge in [-0.25, -0.2) is 0 Å². The molecule has 3 aromatic rings. The van der Waals surface area contributed by atoms with Gasteiger partial charge in [0.2, 0.25) is 0 Å². The SMILES string of the molecule is Cc1ccc(C(O)c2csc3ccccc23)cc1Br. The largest absolute Gasteiger partial charge is 0.384 e. The van der Waals surface area contributed by atoms with Crippen molar-refractivity contribution in [3.8, 4) is 0 Å². The average molecular weight is 333 g/mol. The number of halogens is 1. The molecule has 0 saturated heterocycles. The van der Waals surface area contributed by atoms with Crippen molar-refractivity contribution in [2.75, 3.05) is 0 Å². The lowest BCUT2D eigenvalue weighted by Gasteiger charge is -2.12. The summed E-state index contributed by atoms with van der Waals surface area (Å²) in [5.74, 6) is 0. The van der Waals surface area contributed by atoms with E-state index in [4.69, 9.17) is 0 Å². The molecule has 3 heteroatoms. The van der Waals surface area contributed by atoms with Gasteiger partial charge in [-0.15, -0.1) is 11.3 Å². The molecule has 0 aliphatic heterocycles. The fraction of sp³-hybridized carbons (Fsp3) is 0.125. The molecule has 0 amide bonds. The van der Waals surface area contributed by atoms with E-state index in [0.717, 1.165) is 21.0 Å². The molecule has 0 saturated carbocycles. The topological polar surface area (TPSA) is 20.2 Å². The molecule has 1 atom stereocenters. The lowest BCUT2D eigenvalue weighted by atomic mass is 10.00. The van der Waals surface area contributed by atoms with E-state index in [2.05, 4.69) is 28.1 Å². The Labute approximate surface area is 124 Å². The highest BCUT2D eigenvalue weighted by atomic mass is 79.9. The zero-order valence-corrected chi connectivity index (χ0v) is 12.8. The van der Waals surface area contributed by atoms with E-state index < -0.39 is 6.10 Å². The van der Waals surface area contributed by atoms with E-state index in [1.165, 1.54) is 10.3 Å². The Morgan fingerprint density at radius 2 is 1.95 bits per heavy atom. The molecular formula is C16H13BrOS. The maximum atomic E-state index is 10.6. The van der Waals surface area contributed by atoms with Gasteiger partial charge in [0.15, 0.2) is 0 Å². The van der Waals surface area contributed by atoms with Crippen molar-refractivity contribution in [3.63, 3.8) is 0 Å². The molecule has 1 heterocycles. The number of aliphatic hydroxyl groups excluding tert-OH is 1. The fourth-order valence-corrected chi connectivity index (χ4v) is 3.55. The molecule has 0 aliphatic carbocycles. The monoisotopic (exact) mass is 332 g/mol. The number of rotatable bonds is 2. The molecular weight excluding hydrogens is 320 g/mol. The van der Waals surface area contributed by atoms with Crippen LogP contribution in [0.4, 0.5) is 0 Å². The second kappa shape index (κ2) is 5.08. The smallest absolute Gasteiger partial charge is 0.105 e. The van der Waals surface area contributed by atoms with Gasteiger partial charge in [0.25, 0.3) is 0 Å². The van der Waals surface area contributed by atoms with E-state index in [1.54, 1.807) is 11.3 Å². The van der Waals surface area contributed by atoms with Crippen molar-refractivity contribution >= 4 is 37.4 Å². The lowest BCUT2D eigenvalue weighted by molar-refractivity contribution is 0.222. The Morgan fingerprint density at radius 3 is 2.74 bits per heavy atom. The van der Waals surface area contributed by atoms with Crippen molar-refractivity contribution < 1.29 is 5.11 Å². The number of benzene rings is 2. The van der Waals surface area contributed by atoms with Gasteiger partial charge in [-0.3, -0.25) is 0 Å². The van der Waals surface area contributed by atoms with Gasteiger partial charge in [-0.1, -0.05) is 46.3 Å². The number of fused-ring (bicyclic) bond motifs is 1. The summed E-state index contributed by atoms with van der Waals surface area (Å²) in [5.41, 5.74) is 3.07. The van der Waals surface area contributed by atoms with Crippen LogP contribution in [0.25, 0.3) is 10.1 Å². The van der Waals surface area contributed by atoms with E-state index in [1.807, 2.05) is 42.6 Å². The van der Waals surface area contributed by atoms with Crippen molar-refractivity contribution in [1.29, 1.82) is 0 Å². The third-order valence-corrected chi connectivity index (χ3v) is 5.15. The molecule has 3 rings (SSSR count). The van der Waals surface area contributed by atoms with Crippen molar-refractivity contribution in [2.24, 2.45) is 0 Å². The first kappa shape index (κ1) is 12.9. The van der Waals surface area contributed by atoms with Gasteiger partial charge in [0.1, 0.15) is 6.10 Å². The highest BCUT2D eigenvalue weighted by molar-refractivity contribution is 9.10. The molecule has 0 bridgehead atoms. The van der Waals surface area contributed by atoms with Gasteiger partial charge in [-0.05, 0) is 40.9 Å². The van der Waals surface area contributed by atoms with Crippen LogP contribution in [0, 0.1) is 6.92 Å². The summed E-state index contributed by atoms with van der Waals surface area (Å²) < 4.78 is 2.24. The lowest BCUT2D eigenvalue weighted by Crippen LogP contribution is -1.99. The molecule has 1 nitrogen and oxygen atoms in total. The Hall–Kier alpha value is -1.16. The molecule has 96 valence electrons. The van der Waals surface area contributed by atoms with Crippen LogP contribution in [-0.2, 0) is 0 Å². The Bertz CT molecular complexity index is 732. The highest BCUT2D eigenvalue weighted by Gasteiger charge is 2.15. The molecule has 0 spiro atoms. The number of hydrogen-bond donors (Lipinski definition) is 1. The molecule has 2 aromatic carbocycles. The first-order valence-corrected chi connectivity index (χ1v) is 7.74. The molecule has 1 N–H and O–H groups in total. The predicted molar refractivity (Wildman–Crippen MR) is 84.8 cm³/mol. The minimum atomic E-state index is -0.576. The summed E-state index contributed by atoms with van der Waals surface area (Å²) in [6.45, 7) is 2.04. The summed E-state index contributed by atoms with van der Waals surface area (Å²) in [4.78, 5) is 0. The summed E-state index contributed by atoms with van der Waals surface area (Å²) in [5, 5.41) is 13.8. The number of hydrogen-bond acceptors (Lipinski definition) is 2. The normalized spacial score (nSPS) is 12.8. The Kier molecular flexibility index (Phi) is 3.44. The molecule has 1 unspecified atom stereocenters. The summed E-state index contributed by atoms with van der Waals surface area (Å²) in [6.07, 6.45) is -0.576. The third kappa shape index (κ3) is 2.34. The van der Waals surface area contributed by atoms with E-state index in [-0.39, 0.29) is 0 Å². The minimum Gasteiger partial charge on any atom is -0.384 e. The zero-order valence-electron chi connectivity index (χ0n) is 10.4. The Morgan fingerprint density at radius 1 is 1.16 bits per heavy atom. The average Bonchev–Trinajstić information content (AvgIpc) is 2.85. The van der Waals surface area contributed by atoms with Crippen LogP contribution in [0.1, 0.15) is 22.8 Å². The number of aliphatic hydroxyl groups is 1. The maximum absolute atomic E-state index is 10.6. The standard InChI is InChI=1S/C16H13BrOS/c1-10-6-7-11(8-14(10)17)16(18)13-9-19-15-5-3-2-4-12(13)15/h2-9,16,18H,1H3. The van der Waals surface area contributed by atoms with Gasteiger partial charge >= 0.3 is 0 Å². The van der Waals surface area contributed by atoms with Crippen LogP contribution in [0.5, 0.6) is 0 Å². The van der Waals surface area contributed by atoms with Crippen molar-refractivity contribution in [1.82, 2.24) is 0 Å². The van der Waals surface area contributed by atoms with Crippen LogP contribution in [-0.4, -0.2) is 5.11 Å². The molecule has 19 heavy (non-hydrogen) atoms. The van der Waals surface area contributed by atoms with Crippen LogP contribution >= 0.6 is 27.3 Å². The van der Waals surface area contributed by atoms with Gasteiger partial charge in [0, 0.05) is 14.7 Å². The zero-order chi connectivity index (χ0) is 13.4. The van der Waals surface area contributed by atoms with Gasteiger partial charge in [-0.2, -0.15) is 0 Å². The fourth-order valence-electron chi connectivity index (χ4n) is 2.17. The second-order valence-electron chi connectivity index (χ2n) is 4.60. The maximum Gasteiger partial charge on any atom is 0.105 e. The molecule has 0 radical (unpaired) electrons. The quantitative estimate of drug-likeness (QED) is 0.695. The third-order valence-electron chi connectivity index (χ3n) is 3.32. The first-order chi connectivity index (χ1) is 9.16. The second-order valence-corrected chi connectivity index (χ2v) is 6.36. The predicted octanol–water partition coefficient (Wildman–Crippen LogP) is 5.05. The molecule has 0 aliphatic rings. The van der Waals surface area contributed by atoms with Crippen molar-refractivity contribution in [2.45, 2.75) is 13.0 Å². The summed E-state index contributed by atoms with van der Waals surface area (Å²) in [7, 11) is 0. The van der Waals surface area contributed by atoms with E-state index in [9.17, 15) is 5.11 Å². The molecule has 0 fully saturated rings. The summed E-state index contributed by atoms with van der Waals surface area (Å²) in [6, 6.07) is 14.2. The number of thiophene rings is 1. The van der Waals surface area contributed by atoms with E-state index >= 15 is 0 Å². The minimum absolute atomic E-state index is 0.576. The van der Waals surface area contributed by atoms with Crippen LogP contribution in [0.3, 0.4) is 0 Å². The first-order valence-electron chi connectivity index (χ1n) is 6.07. The van der Waals surface area contributed by atoms with Crippen LogP contribution in [0.15, 0.2) is 52.3 Å². The molecule has 1 aromatic heterocycles. The number of aryl methyl sites for hydroxylation is 1. The van der Waals surface area contributed by atoms with Gasteiger partial charge in [0.05, 0.1) is 0 Å². The van der Waals surface area contributed by atoms with Crippen molar-refractivity contribution in [3.05, 3.63) is 69.0 Å². The summed E-state index contributed by atoms with van der Waals surface area (Å²) >= 11 is 5.19. The van der Waals surface area contributed by atoms with Crippen LogP contribution in [0.2, 0.25) is 0 Å². The van der Waals surface area contributed by atoms with Gasteiger partial charge < -0.3 is 5.11 Å². The highest BCUT2D eigenvalue weighted by Crippen LogP contribution is 2.34. The van der Waals surface area contributed by atoms with Crippen LogP contribution < -0.4 is 0 Å². The van der Waals surface area contributed by atoms with E-state index in [0.29, 0.717) is 0 Å².